The molecule has 0 saturated carbocycles. The molecule has 0 spiro atoms. The minimum atomic E-state index is 0.0602. The molecule has 0 radical (unpaired) electrons. The number of hydrogen-bond acceptors (Lipinski definition) is 4. The topological polar surface area (TPSA) is 58.7 Å². The van der Waals surface area contributed by atoms with Crippen LogP contribution in [0.2, 0.25) is 0 Å². The molecule has 0 heterocycles. The number of hydrogen-bond donors (Lipinski definition) is 2. The first kappa shape index (κ1) is 14.8. The number of nitrogens with zero attached hydrogens (tertiary/aromatic N) is 1. The van der Waals surface area contributed by atoms with E-state index in [1.165, 1.54) is 0 Å². The van der Waals surface area contributed by atoms with Gasteiger partial charge < -0.3 is 15.6 Å². The highest BCUT2D eigenvalue weighted by Gasteiger charge is 2.22. The second-order valence-corrected chi connectivity index (χ2v) is 3.77. The van der Waals surface area contributed by atoms with Gasteiger partial charge in [0.1, 0.15) is 0 Å². The lowest BCUT2D eigenvalue weighted by molar-refractivity contribution is 0.0544. The first-order chi connectivity index (χ1) is 7.24. The van der Waals surface area contributed by atoms with Crippen LogP contribution in [0, 0.1) is 0 Å². The Morgan fingerprint density at radius 2 is 1.87 bits per heavy atom. The predicted octanol–water partition coefficient (Wildman–Crippen LogP) is 0.443. The second kappa shape index (κ2) is 9.09. The van der Waals surface area contributed by atoms with Crippen LogP contribution in [-0.2, 0) is 4.74 Å². The van der Waals surface area contributed by atoms with Crippen molar-refractivity contribution in [2.24, 2.45) is 5.73 Å². The molecule has 0 bridgehead atoms. The number of rotatable bonds is 9. The summed E-state index contributed by atoms with van der Waals surface area (Å²) in [5.41, 5.74) is 5.66. The fraction of sp³-hybridized carbons (Fsp3) is 1.00. The molecule has 1 atom stereocenters. The molecule has 4 nitrogen and oxygen atoms in total. The van der Waals surface area contributed by atoms with E-state index in [2.05, 4.69) is 18.7 Å². The molecule has 15 heavy (non-hydrogen) atoms. The number of methoxy groups -OCH3 is 1. The van der Waals surface area contributed by atoms with Gasteiger partial charge in [0.2, 0.25) is 0 Å². The van der Waals surface area contributed by atoms with Crippen molar-refractivity contribution in [3.8, 4) is 0 Å². The van der Waals surface area contributed by atoms with Crippen molar-refractivity contribution < 1.29 is 9.84 Å². The Hall–Kier alpha value is -0.160. The lowest BCUT2D eigenvalue weighted by Gasteiger charge is -2.35. The van der Waals surface area contributed by atoms with E-state index in [9.17, 15) is 5.11 Å². The SMILES string of the molecule is CCC(CC)N(CCOC)C(CN)CO. The Labute approximate surface area is 93.4 Å². The van der Waals surface area contributed by atoms with Gasteiger partial charge in [0, 0.05) is 32.3 Å². The third-order valence-electron chi connectivity index (χ3n) is 2.92. The fourth-order valence-electron chi connectivity index (χ4n) is 1.93. The summed E-state index contributed by atoms with van der Waals surface area (Å²) in [6.45, 7) is 6.48. The largest absolute Gasteiger partial charge is 0.395 e. The average Bonchev–Trinajstić information content (AvgIpc) is 2.28. The van der Waals surface area contributed by atoms with Crippen molar-refractivity contribution in [3.05, 3.63) is 0 Å². The van der Waals surface area contributed by atoms with Crippen LogP contribution in [0.1, 0.15) is 26.7 Å². The third kappa shape index (κ3) is 4.93. The van der Waals surface area contributed by atoms with Gasteiger partial charge in [-0.05, 0) is 12.8 Å². The molecule has 0 rings (SSSR count). The summed E-state index contributed by atoms with van der Waals surface area (Å²) in [5, 5.41) is 9.27. The quantitative estimate of drug-likeness (QED) is 0.590. The van der Waals surface area contributed by atoms with Crippen LogP contribution >= 0.6 is 0 Å². The van der Waals surface area contributed by atoms with Crippen molar-refractivity contribution in [2.45, 2.75) is 38.8 Å². The molecular formula is C11H26N2O2. The summed E-state index contributed by atoms with van der Waals surface area (Å²) in [6, 6.07) is 0.547. The Morgan fingerprint density at radius 1 is 1.27 bits per heavy atom. The summed E-state index contributed by atoms with van der Waals surface area (Å²) in [4.78, 5) is 2.27. The molecule has 3 N–H and O–H groups in total. The molecule has 1 unspecified atom stereocenters. The van der Waals surface area contributed by atoms with Gasteiger partial charge in [0.25, 0.3) is 0 Å². The molecule has 0 aliphatic rings. The molecule has 0 fully saturated rings. The molecule has 0 amide bonds. The van der Waals surface area contributed by atoms with Crippen LogP contribution < -0.4 is 5.73 Å². The lowest BCUT2D eigenvalue weighted by Crippen LogP contribution is -2.49. The van der Waals surface area contributed by atoms with Gasteiger partial charge >= 0.3 is 0 Å². The summed E-state index contributed by atoms with van der Waals surface area (Å²) >= 11 is 0. The minimum Gasteiger partial charge on any atom is -0.395 e. The van der Waals surface area contributed by atoms with E-state index in [0.29, 0.717) is 19.2 Å². The van der Waals surface area contributed by atoms with Crippen molar-refractivity contribution in [2.75, 3.05) is 33.4 Å². The normalized spacial score (nSPS) is 13.8. The monoisotopic (exact) mass is 218 g/mol. The summed E-state index contributed by atoms with van der Waals surface area (Å²) in [5.74, 6) is 0. The average molecular weight is 218 g/mol. The maximum atomic E-state index is 9.27. The van der Waals surface area contributed by atoms with Crippen LogP contribution in [-0.4, -0.2) is 55.5 Å². The van der Waals surface area contributed by atoms with Crippen molar-refractivity contribution in [1.29, 1.82) is 0 Å². The Bertz CT molecular complexity index is 125. The smallest absolute Gasteiger partial charge is 0.0599 e. The molecule has 0 saturated heterocycles. The van der Waals surface area contributed by atoms with Crippen LogP contribution in [0.4, 0.5) is 0 Å². The maximum Gasteiger partial charge on any atom is 0.0599 e. The van der Waals surface area contributed by atoms with E-state index in [1.807, 2.05) is 0 Å². The first-order valence-corrected chi connectivity index (χ1v) is 5.80. The maximum absolute atomic E-state index is 9.27. The molecular weight excluding hydrogens is 192 g/mol. The summed E-state index contributed by atoms with van der Waals surface area (Å²) < 4.78 is 5.09. The molecule has 92 valence electrons. The molecule has 0 aliphatic heterocycles. The van der Waals surface area contributed by atoms with Crippen molar-refractivity contribution in [1.82, 2.24) is 4.90 Å². The van der Waals surface area contributed by atoms with Gasteiger partial charge in [0.05, 0.1) is 13.2 Å². The summed E-state index contributed by atoms with van der Waals surface area (Å²) in [7, 11) is 1.70. The van der Waals surface area contributed by atoms with E-state index >= 15 is 0 Å². The number of aliphatic hydroxyl groups excluding tert-OH is 1. The Morgan fingerprint density at radius 3 is 2.20 bits per heavy atom. The summed E-state index contributed by atoms with van der Waals surface area (Å²) in [6.07, 6.45) is 2.16. The van der Waals surface area contributed by atoms with E-state index in [4.69, 9.17) is 10.5 Å². The van der Waals surface area contributed by atoms with Gasteiger partial charge in [-0.3, -0.25) is 4.90 Å². The lowest BCUT2D eigenvalue weighted by atomic mass is 10.1. The van der Waals surface area contributed by atoms with Crippen molar-refractivity contribution >= 4 is 0 Å². The van der Waals surface area contributed by atoms with Crippen LogP contribution in [0.15, 0.2) is 0 Å². The van der Waals surface area contributed by atoms with E-state index < -0.39 is 0 Å². The van der Waals surface area contributed by atoms with E-state index in [0.717, 1.165) is 19.4 Å². The van der Waals surface area contributed by atoms with Gasteiger partial charge in [-0.25, -0.2) is 0 Å². The highest BCUT2D eigenvalue weighted by atomic mass is 16.5. The van der Waals surface area contributed by atoms with Crippen LogP contribution in [0.3, 0.4) is 0 Å². The molecule has 0 aromatic carbocycles. The Balaban J connectivity index is 4.38. The zero-order valence-electron chi connectivity index (χ0n) is 10.3. The number of nitrogens with two attached hydrogens (primary N) is 1. The Kier molecular flexibility index (Phi) is 9.00. The highest BCUT2D eigenvalue weighted by Crippen LogP contribution is 2.11. The van der Waals surface area contributed by atoms with Crippen LogP contribution in [0.25, 0.3) is 0 Å². The van der Waals surface area contributed by atoms with Gasteiger partial charge in [0.15, 0.2) is 0 Å². The predicted molar refractivity (Wildman–Crippen MR) is 62.9 cm³/mol. The minimum absolute atomic E-state index is 0.0602. The molecule has 0 aromatic heterocycles. The standard InChI is InChI=1S/C11H26N2O2/c1-4-10(5-2)13(6-7-15-3)11(8-12)9-14/h10-11,14H,4-9,12H2,1-3H3. The highest BCUT2D eigenvalue weighted by molar-refractivity contribution is 4.78. The molecule has 0 aliphatic carbocycles. The molecule has 4 heteroatoms. The van der Waals surface area contributed by atoms with E-state index in [1.54, 1.807) is 7.11 Å². The zero-order valence-corrected chi connectivity index (χ0v) is 10.3. The van der Waals surface area contributed by atoms with Gasteiger partial charge in [-0.15, -0.1) is 0 Å². The number of aliphatic hydroxyl groups is 1. The number of ether oxygens (including phenoxy) is 1. The second-order valence-electron chi connectivity index (χ2n) is 3.77. The third-order valence-corrected chi connectivity index (χ3v) is 2.92. The zero-order chi connectivity index (χ0) is 11.7. The van der Waals surface area contributed by atoms with Crippen LogP contribution in [0.5, 0.6) is 0 Å². The van der Waals surface area contributed by atoms with E-state index in [-0.39, 0.29) is 12.6 Å². The molecule has 0 aromatic rings. The first-order valence-electron chi connectivity index (χ1n) is 5.80. The fourth-order valence-corrected chi connectivity index (χ4v) is 1.93. The van der Waals surface area contributed by atoms with Gasteiger partial charge in [-0.2, -0.15) is 0 Å². The van der Waals surface area contributed by atoms with Crippen molar-refractivity contribution in [3.63, 3.8) is 0 Å². The van der Waals surface area contributed by atoms with Gasteiger partial charge in [-0.1, -0.05) is 13.8 Å².